The normalized spacial score (nSPS) is 11.6. The molecule has 0 amide bonds. The molecule has 16 heavy (non-hydrogen) atoms. The zero-order valence-electron chi connectivity index (χ0n) is 9.57. The smallest absolute Gasteiger partial charge is 0.111 e. The third-order valence-electron chi connectivity index (χ3n) is 2.61. The summed E-state index contributed by atoms with van der Waals surface area (Å²) in [5.74, 6) is 1.04. The Hall–Kier alpha value is -1.06. The van der Waals surface area contributed by atoms with Crippen LogP contribution in [-0.4, -0.2) is 16.1 Å². The number of imidazole rings is 1. The van der Waals surface area contributed by atoms with Crippen LogP contribution in [0, 0.1) is 0 Å². The zero-order valence-corrected chi connectivity index (χ0v) is 10.3. The molecule has 0 spiro atoms. The Morgan fingerprint density at radius 1 is 1.44 bits per heavy atom. The Kier molecular flexibility index (Phi) is 3.17. The minimum absolute atomic E-state index is 0.382. The van der Waals surface area contributed by atoms with Crippen molar-refractivity contribution in [2.24, 2.45) is 5.73 Å². The van der Waals surface area contributed by atoms with Gasteiger partial charge in [0.05, 0.1) is 11.0 Å². The van der Waals surface area contributed by atoms with E-state index in [4.69, 9.17) is 17.3 Å². The summed E-state index contributed by atoms with van der Waals surface area (Å²) in [4.78, 5) is 4.58. The Balaban J connectivity index is 2.65. The number of nitrogens with zero attached hydrogens (tertiary/aromatic N) is 2. The van der Waals surface area contributed by atoms with Gasteiger partial charge in [-0.3, -0.25) is 0 Å². The lowest BCUT2D eigenvalue weighted by Crippen LogP contribution is -2.11. The van der Waals surface area contributed by atoms with Gasteiger partial charge in [-0.05, 0) is 38.6 Å². The van der Waals surface area contributed by atoms with Crippen LogP contribution < -0.4 is 5.73 Å². The molecular formula is C12H16ClN3. The van der Waals surface area contributed by atoms with Gasteiger partial charge < -0.3 is 10.3 Å². The number of benzene rings is 1. The molecule has 1 aromatic carbocycles. The van der Waals surface area contributed by atoms with Gasteiger partial charge in [0.15, 0.2) is 0 Å². The van der Waals surface area contributed by atoms with Crippen LogP contribution in [0.15, 0.2) is 18.2 Å². The van der Waals surface area contributed by atoms with Crippen LogP contribution in [0.2, 0.25) is 5.02 Å². The lowest BCUT2D eigenvalue weighted by molar-refractivity contribution is 0.584. The maximum absolute atomic E-state index is 5.96. The Labute approximate surface area is 100 Å². The molecule has 4 heteroatoms. The molecule has 0 aliphatic rings. The fourth-order valence-electron chi connectivity index (χ4n) is 2.00. The maximum atomic E-state index is 5.96. The van der Waals surface area contributed by atoms with Crippen molar-refractivity contribution >= 4 is 22.6 Å². The molecule has 0 aliphatic heterocycles. The molecule has 2 aromatic rings. The molecule has 0 fully saturated rings. The molecule has 3 nitrogen and oxygen atoms in total. The standard InChI is InChI=1S/C12H16ClN3/c1-8(2)16-11-4-3-9(13)7-10(11)15-12(16)5-6-14/h3-4,7-8H,5-6,14H2,1-2H3. The van der Waals surface area contributed by atoms with Crippen LogP contribution in [0.3, 0.4) is 0 Å². The average molecular weight is 238 g/mol. The molecule has 0 saturated heterocycles. The molecule has 1 aromatic heterocycles. The van der Waals surface area contributed by atoms with Crippen LogP contribution in [0.4, 0.5) is 0 Å². The molecule has 2 rings (SSSR count). The first-order chi connectivity index (χ1) is 7.63. The SMILES string of the molecule is CC(C)n1c(CCN)nc2cc(Cl)ccc21. The summed E-state index contributed by atoms with van der Waals surface area (Å²) in [6, 6.07) is 6.20. The summed E-state index contributed by atoms with van der Waals surface area (Å²) in [6.45, 7) is 4.91. The minimum Gasteiger partial charge on any atom is -0.330 e. The number of nitrogens with two attached hydrogens (primary N) is 1. The van der Waals surface area contributed by atoms with Crippen LogP contribution in [0.5, 0.6) is 0 Å². The van der Waals surface area contributed by atoms with Gasteiger partial charge in [-0.1, -0.05) is 11.6 Å². The molecule has 0 unspecified atom stereocenters. The van der Waals surface area contributed by atoms with E-state index in [1.165, 1.54) is 0 Å². The third-order valence-corrected chi connectivity index (χ3v) is 2.84. The topological polar surface area (TPSA) is 43.8 Å². The molecule has 1 heterocycles. The summed E-state index contributed by atoms with van der Waals surface area (Å²) < 4.78 is 2.22. The van der Waals surface area contributed by atoms with Gasteiger partial charge in [-0.15, -0.1) is 0 Å². The zero-order chi connectivity index (χ0) is 11.7. The van der Waals surface area contributed by atoms with Crippen LogP contribution in [0.1, 0.15) is 25.7 Å². The van der Waals surface area contributed by atoms with Gasteiger partial charge in [0.1, 0.15) is 5.82 Å². The predicted octanol–water partition coefficient (Wildman–Crippen LogP) is 2.77. The quantitative estimate of drug-likeness (QED) is 0.892. The fourth-order valence-corrected chi connectivity index (χ4v) is 2.17. The van der Waals surface area contributed by atoms with Gasteiger partial charge in [0.25, 0.3) is 0 Å². The second kappa shape index (κ2) is 4.44. The predicted molar refractivity (Wildman–Crippen MR) is 67.9 cm³/mol. The molecule has 0 atom stereocenters. The summed E-state index contributed by atoms with van der Waals surface area (Å²) >= 11 is 5.96. The Morgan fingerprint density at radius 3 is 2.81 bits per heavy atom. The average Bonchev–Trinajstić information content (AvgIpc) is 2.55. The van der Waals surface area contributed by atoms with Crippen molar-refractivity contribution in [1.29, 1.82) is 0 Å². The van der Waals surface area contributed by atoms with Crippen molar-refractivity contribution in [2.45, 2.75) is 26.3 Å². The second-order valence-electron chi connectivity index (χ2n) is 4.16. The molecule has 0 radical (unpaired) electrons. The van der Waals surface area contributed by atoms with Crippen molar-refractivity contribution in [3.05, 3.63) is 29.0 Å². The molecule has 0 aliphatic carbocycles. The van der Waals surface area contributed by atoms with Crippen LogP contribution >= 0.6 is 11.6 Å². The summed E-state index contributed by atoms with van der Waals surface area (Å²) in [5, 5.41) is 0.722. The summed E-state index contributed by atoms with van der Waals surface area (Å²) in [7, 11) is 0. The van der Waals surface area contributed by atoms with E-state index < -0.39 is 0 Å². The van der Waals surface area contributed by atoms with Gasteiger partial charge in [0.2, 0.25) is 0 Å². The highest BCUT2D eigenvalue weighted by Gasteiger charge is 2.12. The lowest BCUT2D eigenvalue weighted by atomic mass is 10.3. The molecule has 2 N–H and O–H groups in total. The number of aromatic nitrogens is 2. The van der Waals surface area contributed by atoms with Crippen molar-refractivity contribution < 1.29 is 0 Å². The fraction of sp³-hybridized carbons (Fsp3) is 0.417. The van der Waals surface area contributed by atoms with E-state index in [-0.39, 0.29) is 0 Å². The Bertz CT molecular complexity index is 502. The highest BCUT2D eigenvalue weighted by atomic mass is 35.5. The Morgan fingerprint density at radius 2 is 2.19 bits per heavy atom. The number of hydrogen-bond donors (Lipinski definition) is 1. The first-order valence-corrected chi connectivity index (χ1v) is 5.87. The highest BCUT2D eigenvalue weighted by molar-refractivity contribution is 6.31. The van der Waals surface area contributed by atoms with Crippen molar-refractivity contribution in [1.82, 2.24) is 9.55 Å². The first-order valence-electron chi connectivity index (χ1n) is 5.50. The number of rotatable bonds is 3. The van der Waals surface area contributed by atoms with Gasteiger partial charge in [-0.2, -0.15) is 0 Å². The van der Waals surface area contributed by atoms with E-state index in [1.807, 2.05) is 18.2 Å². The van der Waals surface area contributed by atoms with E-state index in [1.54, 1.807) is 0 Å². The van der Waals surface area contributed by atoms with E-state index >= 15 is 0 Å². The minimum atomic E-state index is 0.382. The first kappa shape index (κ1) is 11.4. The molecule has 86 valence electrons. The van der Waals surface area contributed by atoms with E-state index in [0.717, 1.165) is 28.3 Å². The summed E-state index contributed by atoms with van der Waals surface area (Å²) in [5.41, 5.74) is 7.68. The number of halogens is 1. The van der Waals surface area contributed by atoms with Crippen LogP contribution in [0.25, 0.3) is 11.0 Å². The lowest BCUT2D eigenvalue weighted by Gasteiger charge is -2.12. The van der Waals surface area contributed by atoms with Crippen molar-refractivity contribution in [3.8, 4) is 0 Å². The van der Waals surface area contributed by atoms with Crippen molar-refractivity contribution in [3.63, 3.8) is 0 Å². The van der Waals surface area contributed by atoms with E-state index in [9.17, 15) is 0 Å². The van der Waals surface area contributed by atoms with Gasteiger partial charge >= 0.3 is 0 Å². The molecule has 0 saturated carbocycles. The second-order valence-corrected chi connectivity index (χ2v) is 4.60. The largest absolute Gasteiger partial charge is 0.330 e. The highest BCUT2D eigenvalue weighted by Crippen LogP contribution is 2.24. The van der Waals surface area contributed by atoms with Gasteiger partial charge in [0, 0.05) is 17.5 Å². The number of fused-ring (bicyclic) bond motifs is 1. The monoisotopic (exact) mass is 237 g/mol. The van der Waals surface area contributed by atoms with Gasteiger partial charge in [-0.25, -0.2) is 4.98 Å². The summed E-state index contributed by atoms with van der Waals surface area (Å²) in [6.07, 6.45) is 0.796. The maximum Gasteiger partial charge on any atom is 0.111 e. The van der Waals surface area contributed by atoms with Crippen LogP contribution in [-0.2, 0) is 6.42 Å². The van der Waals surface area contributed by atoms with E-state index in [2.05, 4.69) is 23.4 Å². The number of hydrogen-bond acceptors (Lipinski definition) is 2. The molecular weight excluding hydrogens is 222 g/mol. The third kappa shape index (κ3) is 1.93. The molecule has 0 bridgehead atoms. The van der Waals surface area contributed by atoms with Crippen molar-refractivity contribution in [2.75, 3.05) is 6.54 Å². The van der Waals surface area contributed by atoms with E-state index in [0.29, 0.717) is 12.6 Å².